The Kier molecular flexibility index (Phi) is 6.83. The zero-order chi connectivity index (χ0) is 20.3. The fraction of sp³-hybridized carbons (Fsp3) is 0.667. The first-order chi connectivity index (χ1) is 13.4. The third-order valence-electron chi connectivity index (χ3n) is 5.58. The Hall–Kier alpha value is -1.79. The zero-order valence-electron chi connectivity index (χ0n) is 16.3. The number of rotatable bonds is 4. The number of aromatic nitrogens is 1. The summed E-state index contributed by atoms with van der Waals surface area (Å²) in [6.45, 7) is 3.34. The van der Waals surface area contributed by atoms with E-state index in [9.17, 15) is 17.6 Å². The molecule has 3 rings (SSSR count). The smallest absolute Gasteiger partial charge is 0.125 e. The van der Waals surface area contributed by atoms with Crippen LogP contribution in [0.4, 0.5) is 17.6 Å². The Balaban J connectivity index is 1.81. The summed E-state index contributed by atoms with van der Waals surface area (Å²) in [6, 6.07) is 3.13. The van der Waals surface area contributed by atoms with Gasteiger partial charge in [0.2, 0.25) is 0 Å². The lowest BCUT2D eigenvalue weighted by Gasteiger charge is -2.27. The highest BCUT2D eigenvalue weighted by atomic mass is 19.2. The van der Waals surface area contributed by atoms with E-state index >= 15 is 0 Å². The largest absolute Gasteiger partial charge is 0.278 e. The van der Waals surface area contributed by atoms with Crippen LogP contribution < -0.4 is 0 Å². The Morgan fingerprint density at radius 1 is 0.750 bits per heavy atom. The van der Waals surface area contributed by atoms with Crippen molar-refractivity contribution >= 4 is 11.4 Å². The van der Waals surface area contributed by atoms with Crippen LogP contribution in [0.25, 0.3) is 0 Å². The van der Waals surface area contributed by atoms with E-state index in [1.165, 1.54) is 0 Å². The number of alkyl halides is 4. The van der Waals surface area contributed by atoms with Crippen molar-refractivity contribution in [3.63, 3.8) is 0 Å². The lowest BCUT2D eigenvalue weighted by atomic mass is 9.92. The Morgan fingerprint density at radius 2 is 1.11 bits per heavy atom. The highest BCUT2D eigenvalue weighted by Crippen LogP contribution is 2.28. The van der Waals surface area contributed by atoms with Crippen LogP contribution in [-0.2, 0) is 0 Å². The molecule has 7 heteroatoms. The van der Waals surface area contributed by atoms with E-state index in [0.717, 1.165) is 0 Å². The van der Waals surface area contributed by atoms with Gasteiger partial charge in [0, 0.05) is 0 Å². The molecule has 0 aliphatic heterocycles. The van der Waals surface area contributed by atoms with Crippen molar-refractivity contribution in [1.82, 2.24) is 4.98 Å². The van der Waals surface area contributed by atoms with E-state index in [1.807, 2.05) is 0 Å². The number of hydrogen-bond donors (Lipinski definition) is 0. The monoisotopic (exact) mass is 397 g/mol. The van der Waals surface area contributed by atoms with Gasteiger partial charge in [-0.1, -0.05) is 6.07 Å². The van der Waals surface area contributed by atoms with E-state index in [0.29, 0.717) is 61.3 Å². The summed E-state index contributed by atoms with van der Waals surface area (Å²) in [7, 11) is 0. The summed E-state index contributed by atoms with van der Waals surface area (Å²) in [5, 5.41) is 0. The van der Waals surface area contributed by atoms with Gasteiger partial charge in [-0.3, -0.25) is 9.98 Å². The molecular weight excluding hydrogens is 370 g/mol. The number of aliphatic imine (C=N–C) groups is 2. The molecule has 4 atom stereocenters. The average molecular weight is 397 g/mol. The molecule has 2 aliphatic carbocycles. The Morgan fingerprint density at radius 3 is 1.46 bits per heavy atom. The van der Waals surface area contributed by atoms with Crippen molar-refractivity contribution in [2.75, 3.05) is 0 Å². The number of nitrogens with zero attached hydrogens (tertiary/aromatic N) is 3. The summed E-state index contributed by atoms with van der Waals surface area (Å²) in [5.41, 5.74) is 1.84. The third-order valence-corrected chi connectivity index (χ3v) is 5.58. The maximum absolute atomic E-state index is 14.1. The van der Waals surface area contributed by atoms with Gasteiger partial charge in [0.25, 0.3) is 0 Å². The normalized spacial score (nSPS) is 35.1. The van der Waals surface area contributed by atoms with Crippen LogP contribution in [-0.4, -0.2) is 53.2 Å². The zero-order valence-corrected chi connectivity index (χ0v) is 16.3. The minimum Gasteiger partial charge on any atom is -0.278 e. The van der Waals surface area contributed by atoms with Crippen molar-refractivity contribution in [3.05, 3.63) is 29.6 Å². The molecule has 0 radical (unpaired) electrons. The molecule has 0 spiro atoms. The molecule has 2 fully saturated rings. The van der Waals surface area contributed by atoms with E-state index in [4.69, 9.17) is 0 Å². The van der Waals surface area contributed by atoms with Gasteiger partial charge in [0.1, 0.15) is 36.8 Å². The molecule has 0 aromatic carbocycles. The van der Waals surface area contributed by atoms with E-state index < -0.39 is 36.8 Å². The third kappa shape index (κ3) is 4.78. The summed E-state index contributed by atoms with van der Waals surface area (Å²) in [5.74, 6) is 0. The summed E-state index contributed by atoms with van der Waals surface area (Å²) >= 11 is 0. The van der Waals surface area contributed by atoms with Crippen molar-refractivity contribution in [1.29, 1.82) is 0 Å². The first-order valence-electron chi connectivity index (χ1n) is 9.99. The van der Waals surface area contributed by atoms with E-state index in [2.05, 4.69) is 15.0 Å². The van der Waals surface area contributed by atoms with Crippen molar-refractivity contribution in [2.24, 2.45) is 9.98 Å². The summed E-state index contributed by atoms with van der Waals surface area (Å²) < 4.78 is 56.2. The molecule has 28 heavy (non-hydrogen) atoms. The number of hydrogen-bond acceptors (Lipinski definition) is 3. The van der Waals surface area contributed by atoms with Crippen LogP contribution in [0.1, 0.15) is 63.8 Å². The fourth-order valence-corrected chi connectivity index (χ4v) is 3.89. The van der Waals surface area contributed by atoms with Crippen molar-refractivity contribution in [3.8, 4) is 0 Å². The first-order valence-corrected chi connectivity index (χ1v) is 9.99. The molecule has 1 aromatic rings. The molecule has 0 amide bonds. The quantitative estimate of drug-likeness (QED) is 0.511. The second kappa shape index (κ2) is 9.14. The van der Waals surface area contributed by atoms with E-state index in [1.54, 1.807) is 32.0 Å². The molecule has 2 aliphatic rings. The SMILES string of the molecule is CC(=NC1C(F)CCCC1F)c1cccc(C(C)=NC2C(F)CCCC2F)n1. The van der Waals surface area contributed by atoms with Crippen LogP contribution in [0.3, 0.4) is 0 Å². The molecule has 1 heterocycles. The van der Waals surface area contributed by atoms with Gasteiger partial charge in [0.05, 0.1) is 22.8 Å². The lowest BCUT2D eigenvalue weighted by Crippen LogP contribution is -2.36. The molecule has 3 nitrogen and oxygen atoms in total. The second-order valence-corrected chi connectivity index (χ2v) is 7.74. The van der Waals surface area contributed by atoms with Gasteiger partial charge in [-0.25, -0.2) is 22.5 Å². The van der Waals surface area contributed by atoms with Crippen LogP contribution in [0.2, 0.25) is 0 Å². The van der Waals surface area contributed by atoms with E-state index in [-0.39, 0.29) is 0 Å². The molecular formula is C21H27F4N3. The molecule has 0 saturated heterocycles. The van der Waals surface area contributed by atoms with Crippen LogP contribution in [0.15, 0.2) is 28.2 Å². The standard InChI is InChI=1S/C21H27F4N3/c1-12(26-20-14(22)6-3-7-15(20)23)18-10-5-11-19(28-18)13(2)27-21-16(24)8-4-9-17(21)25/h5,10-11,14-17,20-21H,3-4,6-9H2,1-2H3. The molecule has 0 bridgehead atoms. The van der Waals surface area contributed by atoms with Gasteiger partial charge in [-0.15, -0.1) is 0 Å². The highest BCUT2D eigenvalue weighted by Gasteiger charge is 2.34. The number of halogens is 4. The summed E-state index contributed by atoms with van der Waals surface area (Å²) in [6.07, 6.45) is -2.84. The van der Waals surface area contributed by atoms with Crippen LogP contribution in [0, 0.1) is 0 Å². The Labute approximate surface area is 163 Å². The average Bonchev–Trinajstić information content (AvgIpc) is 2.67. The van der Waals surface area contributed by atoms with Crippen molar-refractivity contribution < 1.29 is 17.6 Å². The van der Waals surface area contributed by atoms with Crippen LogP contribution >= 0.6 is 0 Å². The van der Waals surface area contributed by atoms with Gasteiger partial charge in [0.15, 0.2) is 0 Å². The summed E-state index contributed by atoms with van der Waals surface area (Å²) in [4.78, 5) is 13.0. The van der Waals surface area contributed by atoms with Gasteiger partial charge < -0.3 is 0 Å². The predicted octanol–water partition coefficient (Wildman–Crippen LogP) is 5.16. The van der Waals surface area contributed by atoms with Crippen molar-refractivity contribution in [2.45, 2.75) is 89.1 Å². The van der Waals surface area contributed by atoms with Gasteiger partial charge in [-0.05, 0) is 64.5 Å². The second-order valence-electron chi connectivity index (χ2n) is 7.74. The minimum absolute atomic E-state index is 0.317. The molecule has 4 unspecified atom stereocenters. The maximum atomic E-state index is 14.1. The topological polar surface area (TPSA) is 37.6 Å². The molecule has 2 saturated carbocycles. The fourth-order valence-electron chi connectivity index (χ4n) is 3.89. The molecule has 0 N–H and O–H groups in total. The maximum Gasteiger partial charge on any atom is 0.125 e. The van der Waals surface area contributed by atoms with Crippen LogP contribution in [0.5, 0.6) is 0 Å². The minimum atomic E-state index is -1.29. The predicted molar refractivity (Wildman–Crippen MR) is 104 cm³/mol. The lowest BCUT2D eigenvalue weighted by molar-refractivity contribution is 0.128. The Bertz CT molecular complexity index is 659. The first kappa shape index (κ1) is 20.9. The number of pyridine rings is 1. The highest BCUT2D eigenvalue weighted by molar-refractivity contribution is 6.00. The van der Waals surface area contributed by atoms with Gasteiger partial charge >= 0.3 is 0 Å². The van der Waals surface area contributed by atoms with Gasteiger partial charge in [-0.2, -0.15) is 0 Å². The molecule has 154 valence electrons. The molecule has 1 aromatic heterocycles.